The van der Waals surface area contributed by atoms with E-state index in [0.29, 0.717) is 55.1 Å². The zero-order valence-corrected chi connectivity index (χ0v) is 22.8. The zero-order valence-electron chi connectivity index (χ0n) is 22.8. The topological polar surface area (TPSA) is 177 Å². The van der Waals surface area contributed by atoms with Crippen LogP contribution >= 0.6 is 0 Å². The molecule has 10 nitrogen and oxygen atoms in total. The molecular weight excluding hydrogens is 492 g/mol. The number of hydrogen-bond donors (Lipinski definition) is 4. The predicted octanol–water partition coefficient (Wildman–Crippen LogP) is 3.65. The minimum absolute atomic E-state index is 0.0161. The second kappa shape index (κ2) is 11.2. The number of carbonyl (C=O) groups excluding carboxylic acids is 2. The Kier molecular flexibility index (Phi) is 8.75. The molecule has 4 aliphatic rings. The Balaban J connectivity index is 0.000000436. The van der Waals surface area contributed by atoms with Crippen molar-refractivity contribution in [2.75, 3.05) is 6.54 Å². The summed E-state index contributed by atoms with van der Waals surface area (Å²) in [6.07, 6.45) is 7.22. The van der Waals surface area contributed by atoms with Gasteiger partial charge >= 0.3 is 17.9 Å². The Morgan fingerprint density at radius 1 is 1.08 bits per heavy atom. The molecule has 0 aromatic carbocycles. The van der Waals surface area contributed by atoms with E-state index in [2.05, 4.69) is 32.9 Å². The number of nitrogens with zero attached hydrogens (tertiary/aromatic N) is 1. The highest BCUT2D eigenvalue weighted by Gasteiger charge is 2.64. The summed E-state index contributed by atoms with van der Waals surface area (Å²) in [7, 11) is 0. The molecule has 0 amide bonds. The third-order valence-electron chi connectivity index (χ3n) is 9.91. The lowest BCUT2D eigenvalue weighted by molar-refractivity contribution is -0.172. The lowest BCUT2D eigenvalue weighted by Crippen LogP contribution is -2.60. The van der Waals surface area contributed by atoms with Crippen LogP contribution in [0.15, 0.2) is 17.3 Å². The molecule has 212 valence electrons. The maximum atomic E-state index is 12.7. The fourth-order valence-electron chi connectivity index (χ4n) is 8.27. The molecular formula is C28H42N2O8. The van der Waals surface area contributed by atoms with E-state index in [0.717, 1.165) is 37.8 Å². The molecule has 5 N–H and O–H groups in total. The molecule has 0 heterocycles. The van der Waals surface area contributed by atoms with Crippen LogP contribution in [0, 0.1) is 39.9 Å². The molecule has 7 atom stereocenters. The summed E-state index contributed by atoms with van der Waals surface area (Å²) < 4.78 is 5.87. The van der Waals surface area contributed by atoms with E-state index in [9.17, 15) is 24.4 Å². The zero-order chi connectivity index (χ0) is 28.5. The van der Waals surface area contributed by atoms with Crippen LogP contribution < -0.4 is 5.73 Å². The molecule has 0 unspecified atom stereocenters. The number of hydrogen-bond acceptors (Lipinski definition) is 8. The van der Waals surface area contributed by atoms with Crippen LogP contribution in [-0.4, -0.2) is 57.5 Å². The van der Waals surface area contributed by atoms with E-state index in [1.807, 2.05) is 0 Å². The first-order chi connectivity index (χ1) is 17.7. The van der Waals surface area contributed by atoms with Gasteiger partial charge < -0.3 is 25.9 Å². The van der Waals surface area contributed by atoms with Crippen LogP contribution in [0.2, 0.25) is 0 Å². The van der Waals surface area contributed by atoms with Crippen LogP contribution in [0.5, 0.6) is 0 Å². The van der Waals surface area contributed by atoms with Crippen molar-refractivity contribution in [2.24, 2.45) is 50.8 Å². The number of carbonyl (C=O) groups is 4. The molecule has 0 bridgehead atoms. The fraction of sp³-hybridized carbons (Fsp3) is 0.750. The van der Waals surface area contributed by atoms with Crippen LogP contribution in [0.25, 0.3) is 0 Å². The van der Waals surface area contributed by atoms with Gasteiger partial charge in [0.1, 0.15) is 11.9 Å². The van der Waals surface area contributed by atoms with Gasteiger partial charge in [0.15, 0.2) is 0 Å². The van der Waals surface area contributed by atoms with E-state index in [1.165, 1.54) is 0 Å². The number of aliphatic carboxylic acids is 2. The molecule has 4 aliphatic carbocycles. The van der Waals surface area contributed by atoms with Crippen LogP contribution in [0.4, 0.5) is 0 Å². The fourth-order valence-corrected chi connectivity index (χ4v) is 8.27. The molecule has 10 heteroatoms. The van der Waals surface area contributed by atoms with E-state index < -0.39 is 11.9 Å². The van der Waals surface area contributed by atoms with Gasteiger partial charge in [0, 0.05) is 41.9 Å². The molecule has 38 heavy (non-hydrogen) atoms. The molecule has 0 saturated heterocycles. The Morgan fingerprint density at radius 3 is 2.26 bits per heavy atom. The first-order valence-corrected chi connectivity index (χ1v) is 13.5. The SMILES string of the molecule is CC1(C)C[C@@]2(C)[C@@H](C[C@H]1OC(=O)CCN)/C(=N/O)C[C@@H]1[C@@H]2CC[C@]2(C)C(=O)CC[C@@H]12.O=C(O)/C=C/C(=O)O. The molecule has 0 aliphatic heterocycles. The maximum Gasteiger partial charge on any atom is 0.328 e. The second-order valence-corrected chi connectivity index (χ2v) is 12.6. The van der Waals surface area contributed by atoms with Crippen LogP contribution in [0.1, 0.15) is 79.1 Å². The smallest absolute Gasteiger partial charge is 0.328 e. The predicted molar refractivity (Wildman–Crippen MR) is 138 cm³/mol. The number of oxime groups is 1. The second-order valence-electron chi connectivity index (χ2n) is 12.6. The monoisotopic (exact) mass is 534 g/mol. The maximum absolute atomic E-state index is 12.7. The number of carboxylic acids is 2. The Bertz CT molecular complexity index is 1000. The number of fused-ring (bicyclic) bond motifs is 5. The Labute approximate surface area is 223 Å². The Morgan fingerprint density at radius 2 is 1.71 bits per heavy atom. The van der Waals surface area contributed by atoms with E-state index in [-0.39, 0.29) is 40.7 Å². The highest BCUT2D eigenvalue weighted by Crippen LogP contribution is 2.66. The van der Waals surface area contributed by atoms with E-state index >= 15 is 0 Å². The van der Waals surface area contributed by atoms with Crippen molar-refractivity contribution in [3.8, 4) is 0 Å². The number of rotatable bonds is 5. The summed E-state index contributed by atoms with van der Waals surface area (Å²) in [5, 5.41) is 29.4. The number of esters is 1. The number of ketones is 1. The van der Waals surface area contributed by atoms with Gasteiger partial charge in [-0.05, 0) is 61.7 Å². The van der Waals surface area contributed by atoms with Crippen molar-refractivity contribution in [3.63, 3.8) is 0 Å². The van der Waals surface area contributed by atoms with Crippen molar-refractivity contribution < 1.29 is 39.3 Å². The summed E-state index contributed by atoms with van der Waals surface area (Å²) in [5.41, 5.74) is 6.00. The minimum atomic E-state index is -1.26. The molecule has 4 fully saturated rings. The van der Waals surface area contributed by atoms with Crippen molar-refractivity contribution in [3.05, 3.63) is 12.2 Å². The van der Waals surface area contributed by atoms with E-state index in [4.69, 9.17) is 20.7 Å². The van der Waals surface area contributed by atoms with E-state index in [1.54, 1.807) is 0 Å². The van der Waals surface area contributed by atoms with Gasteiger partial charge in [-0.3, -0.25) is 9.59 Å². The first-order valence-electron chi connectivity index (χ1n) is 13.5. The van der Waals surface area contributed by atoms with Crippen molar-refractivity contribution >= 4 is 29.4 Å². The van der Waals surface area contributed by atoms with Gasteiger partial charge in [-0.2, -0.15) is 0 Å². The first kappa shape index (κ1) is 29.8. The number of ether oxygens (including phenoxy) is 1. The Hall–Kier alpha value is -2.75. The summed E-state index contributed by atoms with van der Waals surface area (Å²) >= 11 is 0. The quantitative estimate of drug-likeness (QED) is 0.177. The molecule has 0 spiro atoms. The van der Waals surface area contributed by atoms with Crippen LogP contribution in [0.3, 0.4) is 0 Å². The molecule has 0 aromatic rings. The number of nitrogens with two attached hydrogens (primary N) is 1. The minimum Gasteiger partial charge on any atom is -0.478 e. The normalized spacial score (nSPS) is 38.4. The largest absolute Gasteiger partial charge is 0.478 e. The van der Waals surface area contributed by atoms with Crippen LogP contribution in [-0.2, 0) is 23.9 Å². The lowest BCUT2D eigenvalue weighted by Gasteiger charge is -2.62. The van der Waals surface area contributed by atoms with Gasteiger partial charge in [-0.1, -0.05) is 32.9 Å². The third-order valence-corrected chi connectivity index (χ3v) is 9.91. The molecule has 4 saturated carbocycles. The van der Waals surface area contributed by atoms with Gasteiger partial charge in [0.05, 0.1) is 12.1 Å². The molecule has 4 rings (SSSR count). The number of Topliss-reactive ketones (excluding diaryl/α,β-unsaturated/α-hetero) is 1. The summed E-state index contributed by atoms with van der Waals surface area (Å²) in [5.74, 6) is -0.925. The van der Waals surface area contributed by atoms with Gasteiger partial charge in [0.25, 0.3) is 0 Å². The molecule has 0 aromatic heterocycles. The van der Waals surface area contributed by atoms with Gasteiger partial charge in [-0.15, -0.1) is 0 Å². The van der Waals surface area contributed by atoms with Gasteiger partial charge in [0.2, 0.25) is 0 Å². The van der Waals surface area contributed by atoms with Crippen molar-refractivity contribution in [1.29, 1.82) is 0 Å². The van der Waals surface area contributed by atoms with Gasteiger partial charge in [-0.25, -0.2) is 9.59 Å². The average Bonchev–Trinajstić information content (AvgIpc) is 3.12. The lowest BCUT2D eigenvalue weighted by atomic mass is 9.42. The summed E-state index contributed by atoms with van der Waals surface area (Å²) in [6.45, 7) is 9.21. The summed E-state index contributed by atoms with van der Waals surface area (Å²) in [6, 6.07) is 0. The number of carboxylic acid groups (broad SMARTS) is 2. The van der Waals surface area contributed by atoms with Crippen molar-refractivity contribution in [2.45, 2.75) is 85.2 Å². The van der Waals surface area contributed by atoms with Crippen molar-refractivity contribution in [1.82, 2.24) is 0 Å². The average molecular weight is 535 g/mol. The standard InChI is InChI=1S/C24H38N2O4.C4H4O4/c1-22(2)13-24(4)16-7-9-23(3)15(5-6-19(23)27)14(16)11-18(26-29)17(24)12-20(22)30-21(28)8-10-25;5-3(6)1-2-4(7)8/h14-17,20,29H,5-13,25H2,1-4H3;1-2H,(H,5,6)(H,7,8)/b26-18+;2-1+/t14-,15-,16-,17-,20+,23-,24+;/m0./s1. The highest BCUT2D eigenvalue weighted by molar-refractivity contribution is 5.90. The molecule has 0 radical (unpaired) electrons. The third kappa shape index (κ3) is 5.65. The summed E-state index contributed by atoms with van der Waals surface area (Å²) in [4.78, 5) is 44.0. The highest BCUT2D eigenvalue weighted by atomic mass is 16.5.